The van der Waals surface area contributed by atoms with Crippen LogP contribution in [0.3, 0.4) is 0 Å². The highest BCUT2D eigenvalue weighted by molar-refractivity contribution is 7.15. The molecule has 100 valence electrons. The van der Waals surface area contributed by atoms with E-state index in [1.165, 1.54) is 20.9 Å². The second kappa shape index (κ2) is 6.50. The summed E-state index contributed by atoms with van der Waals surface area (Å²) in [7, 11) is 0. The minimum Gasteiger partial charge on any atom is -0.481 e. The fourth-order valence-corrected chi connectivity index (χ4v) is 2.74. The van der Waals surface area contributed by atoms with Crippen molar-refractivity contribution >= 4 is 17.3 Å². The van der Waals surface area contributed by atoms with Crippen molar-refractivity contribution in [3.05, 3.63) is 46.8 Å². The van der Waals surface area contributed by atoms with E-state index < -0.39 is 5.97 Å². The van der Waals surface area contributed by atoms with Crippen LogP contribution in [0.5, 0.6) is 0 Å². The van der Waals surface area contributed by atoms with Gasteiger partial charge in [0, 0.05) is 22.8 Å². The van der Waals surface area contributed by atoms with E-state index in [0.717, 1.165) is 6.54 Å². The standard InChI is InChI=1S/C15H17NO2S/c1-11-2-4-12(5-3-11)14-7-6-13(19-14)10-16-9-8-15(17)18/h2-7,16H,8-10H2,1H3,(H,17,18). The summed E-state index contributed by atoms with van der Waals surface area (Å²) in [5, 5.41) is 11.7. The number of thiophene rings is 1. The first-order valence-corrected chi connectivity index (χ1v) is 7.05. The van der Waals surface area contributed by atoms with Crippen LogP contribution in [0.4, 0.5) is 0 Å². The fourth-order valence-electron chi connectivity index (χ4n) is 1.75. The highest BCUT2D eigenvalue weighted by Gasteiger charge is 2.03. The molecule has 0 radical (unpaired) electrons. The first kappa shape index (κ1) is 13.8. The van der Waals surface area contributed by atoms with Gasteiger partial charge in [-0.2, -0.15) is 0 Å². The number of hydrogen-bond donors (Lipinski definition) is 2. The average molecular weight is 275 g/mol. The number of carbonyl (C=O) groups is 1. The minimum absolute atomic E-state index is 0.163. The molecule has 19 heavy (non-hydrogen) atoms. The smallest absolute Gasteiger partial charge is 0.304 e. The van der Waals surface area contributed by atoms with Gasteiger partial charge in [0.25, 0.3) is 0 Å². The monoisotopic (exact) mass is 275 g/mol. The Bertz CT molecular complexity index is 546. The SMILES string of the molecule is Cc1ccc(-c2ccc(CNCCC(=O)O)s2)cc1. The minimum atomic E-state index is -0.765. The average Bonchev–Trinajstić information content (AvgIpc) is 2.84. The number of carboxylic acids is 1. The second-order valence-corrected chi connectivity index (χ2v) is 5.62. The Morgan fingerprint density at radius 3 is 2.63 bits per heavy atom. The van der Waals surface area contributed by atoms with Crippen molar-refractivity contribution < 1.29 is 9.90 Å². The van der Waals surface area contributed by atoms with Crippen molar-refractivity contribution in [1.82, 2.24) is 5.32 Å². The molecular weight excluding hydrogens is 258 g/mol. The molecule has 1 heterocycles. The summed E-state index contributed by atoms with van der Waals surface area (Å²) in [5.41, 5.74) is 2.49. The van der Waals surface area contributed by atoms with Crippen LogP contribution >= 0.6 is 11.3 Å². The number of hydrogen-bond acceptors (Lipinski definition) is 3. The lowest BCUT2D eigenvalue weighted by Crippen LogP contribution is -2.16. The van der Waals surface area contributed by atoms with Gasteiger partial charge in [-0.1, -0.05) is 29.8 Å². The summed E-state index contributed by atoms with van der Waals surface area (Å²) >= 11 is 1.74. The molecule has 3 nitrogen and oxygen atoms in total. The molecule has 0 saturated carbocycles. The van der Waals surface area contributed by atoms with Crippen LogP contribution in [0.2, 0.25) is 0 Å². The molecule has 0 amide bonds. The predicted molar refractivity (Wildman–Crippen MR) is 78.5 cm³/mol. The van der Waals surface area contributed by atoms with Gasteiger partial charge in [0.15, 0.2) is 0 Å². The summed E-state index contributed by atoms with van der Waals surface area (Å²) in [4.78, 5) is 12.9. The van der Waals surface area contributed by atoms with Crippen LogP contribution in [0.1, 0.15) is 16.9 Å². The van der Waals surface area contributed by atoms with Gasteiger partial charge in [-0.05, 0) is 24.6 Å². The summed E-state index contributed by atoms with van der Waals surface area (Å²) in [5.74, 6) is -0.765. The van der Waals surface area contributed by atoms with Gasteiger partial charge in [0.2, 0.25) is 0 Å². The van der Waals surface area contributed by atoms with Crippen LogP contribution in [0.15, 0.2) is 36.4 Å². The zero-order valence-corrected chi connectivity index (χ0v) is 11.7. The maximum Gasteiger partial charge on any atom is 0.304 e. The molecule has 0 aliphatic heterocycles. The molecule has 2 aromatic rings. The molecule has 0 unspecified atom stereocenters. The Kier molecular flexibility index (Phi) is 4.71. The number of nitrogens with one attached hydrogen (secondary N) is 1. The molecule has 0 fully saturated rings. The predicted octanol–water partition coefficient (Wildman–Crippen LogP) is 3.29. The Hall–Kier alpha value is -1.65. The van der Waals surface area contributed by atoms with E-state index in [1.54, 1.807) is 11.3 Å². The summed E-state index contributed by atoms with van der Waals surface area (Å²) in [6.07, 6.45) is 0.163. The van der Waals surface area contributed by atoms with E-state index in [2.05, 4.69) is 48.6 Å². The molecule has 0 atom stereocenters. The van der Waals surface area contributed by atoms with Crippen LogP contribution in [-0.2, 0) is 11.3 Å². The number of carboxylic acid groups (broad SMARTS) is 1. The number of rotatable bonds is 6. The third kappa shape index (κ3) is 4.19. The van der Waals surface area contributed by atoms with Gasteiger partial charge in [-0.15, -0.1) is 11.3 Å². The van der Waals surface area contributed by atoms with Crippen LogP contribution in [0, 0.1) is 6.92 Å². The Labute approximate surface area is 116 Å². The van der Waals surface area contributed by atoms with Crippen molar-refractivity contribution in [2.24, 2.45) is 0 Å². The molecule has 4 heteroatoms. The largest absolute Gasteiger partial charge is 0.481 e. The van der Waals surface area contributed by atoms with Crippen molar-refractivity contribution in [1.29, 1.82) is 0 Å². The zero-order chi connectivity index (χ0) is 13.7. The Morgan fingerprint density at radius 2 is 1.95 bits per heavy atom. The van der Waals surface area contributed by atoms with Crippen LogP contribution in [0.25, 0.3) is 10.4 Å². The molecule has 2 rings (SSSR count). The number of aliphatic carboxylic acids is 1. The van der Waals surface area contributed by atoms with E-state index in [1.807, 2.05) is 0 Å². The molecule has 0 aliphatic carbocycles. The molecule has 0 saturated heterocycles. The third-order valence-electron chi connectivity index (χ3n) is 2.81. The second-order valence-electron chi connectivity index (χ2n) is 4.45. The van der Waals surface area contributed by atoms with Crippen molar-refractivity contribution in [3.8, 4) is 10.4 Å². The van der Waals surface area contributed by atoms with Gasteiger partial charge in [0.05, 0.1) is 6.42 Å². The molecule has 2 N–H and O–H groups in total. The molecule has 0 spiro atoms. The summed E-state index contributed by atoms with van der Waals surface area (Å²) in [6, 6.07) is 12.7. The van der Waals surface area contributed by atoms with Gasteiger partial charge in [0.1, 0.15) is 0 Å². The van der Waals surface area contributed by atoms with E-state index in [4.69, 9.17) is 5.11 Å². The zero-order valence-electron chi connectivity index (χ0n) is 10.8. The lowest BCUT2D eigenvalue weighted by Gasteiger charge is -2.00. The van der Waals surface area contributed by atoms with Gasteiger partial charge in [-0.25, -0.2) is 0 Å². The fraction of sp³-hybridized carbons (Fsp3) is 0.267. The maximum atomic E-state index is 10.4. The van der Waals surface area contributed by atoms with E-state index in [9.17, 15) is 4.79 Å². The molecular formula is C15H17NO2S. The highest BCUT2D eigenvalue weighted by Crippen LogP contribution is 2.28. The lowest BCUT2D eigenvalue weighted by molar-refractivity contribution is -0.136. The maximum absolute atomic E-state index is 10.4. The Morgan fingerprint density at radius 1 is 1.21 bits per heavy atom. The molecule has 0 aliphatic rings. The van der Waals surface area contributed by atoms with Gasteiger partial charge >= 0.3 is 5.97 Å². The third-order valence-corrected chi connectivity index (χ3v) is 3.95. The van der Waals surface area contributed by atoms with Crippen molar-refractivity contribution in [2.45, 2.75) is 19.9 Å². The molecule has 1 aromatic carbocycles. The normalized spacial score (nSPS) is 10.6. The van der Waals surface area contributed by atoms with Gasteiger partial charge < -0.3 is 10.4 Å². The van der Waals surface area contributed by atoms with E-state index in [0.29, 0.717) is 6.54 Å². The number of aryl methyl sites for hydroxylation is 1. The van der Waals surface area contributed by atoms with Crippen molar-refractivity contribution in [3.63, 3.8) is 0 Å². The van der Waals surface area contributed by atoms with Gasteiger partial charge in [-0.3, -0.25) is 4.79 Å². The summed E-state index contributed by atoms with van der Waals surface area (Å²) in [6.45, 7) is 3.31. The van der Waals surface area contributed by atoms with E-state index >= 15 is 0 Å². The topological polar surface area (TPSA) is 49.3 Å². The quantitative estimate of drug-likeness (QED) is 0.795. The molecule has 1 aromatic heterocycles. The lowest BCUT2D eigenvalue weighted by atomic mass is 10.1. The van der Waals surface area contributed by atoms with Crippen LogP contribution in [-0.4, -0.2) is 17.6 Å². The first-order chi connectivity index (χ1) is 9.15. The summed E-state index contributed by atoms with van der Waals surface area (Å²) < 4.78 is 0. The Balaban J connectivity index is 1.91. The van der Waals surface area contributed by atoms with Crippen LogP contribution < -0.4 is 5.32 Å². The number of benzene rings is 1. The van der Waals surface area contributed by atoms with E-state index in [-0.39, 0.29) is 6.42 Å². The molecule has 0 bridgehead atoms. The van der Waals surface area contributed by atoms with Crippen molar-refractivity contribution in [2.75, 3.05) is 6.54 Å². The first-order valence-electron chi connectivity index (χ1n) is 6.23. The highest BCUT2D eigenvalue weighted by atomic mass is 32.1.